The highest BCUT2D eigenvalue weighted by atomic mass is 32.1. The maximum Gasteiger partial charge on any atom is 0.409 e. The fraction of sp³-hybridized carbons (Fsp3) is 0.500. The van der Waals surface area contributed by atoms with Crippen molar-refractivity contribution >= 4 is 22.4 Å². The van der Waals surface area contributed by atoms with Gasteiger partial charge in [0.1, 0.15) is 5.82 Å². The van der Waals surface area contributed by atoms with Crippen molar-refractivity contribution in [2.75, 3.05) is 46.5 Å². The van der Waals surface area contributed by atoms with E-state index >= 15 is 0 Å². The Labute approximate surface area is 196 Å². The van der Waals surface area contributed by atoms with Crippen LogP contribution in [0.25, 0.3) is 4.96 Å². The molecule has 0 spiro atoms. The van der Waals surface area contributed by atoms with Crippen molar-refractivity contribution in [2.45, 2.75) is 26.8 Å². The Hall–Kier alpha value is -3.05. The summed E-state index contributed by atoms with van der Waals surface area (Å²) in [5, 5.41) is 15.4. The van der Waals surface area contributed by atoms with Crippen molar-refractivity contribution in [1.82, 2.24) is 24.4 Å². The number of fused-ring (bicyclic) bond motifs is 1. The lowest BCUT2D eigenvalue weighted by Gasteiger charge is -2.38. The van der Waals surface area contributed by atoms with Gasteiger partial charge in [0.25, 0.3) is 0 Å². The zero-order valence-corrected chi connectivity index (χ0v) is 20.1. The molecule has 1 fully saturated rings. The zero-order chi connectivity index (χ0) is 23.5. The van der Waals surface area contributed by atoms with E-state index in [1.165, 1.54) is 15.9 Å². The van der Waals surface area contributed by atoms with Gasteiger partial charge in [-0.3, -0.25) is 4.90 Å². The van der Waals surface area contributed by atoms with Crippen LogP contribution >= 0.6 is 11.3 Å². The quantitative estimate of drug-likeness (QED) is 0.556. The van der Waals surface area contributed by atoms with E-state index in [-0.39, 0.29) is 18.0 Å². The van der Waals surface area contributed by atoms with Gasteiger partial charge < -0.3 is 24.2 Å². The maximum absolute atomic E-state index is 12.2. The van der Waals surface area contributed by atoms with Gasteiger partial charge in [-0.2, -0.15) is 4.52 Å². The number of nitrogens with zero attached hydrogens (tertiary/aromatic N) is 5. The normalized spacial score (nSPS) is 15.6. The molecule has 3 heterocycles. The predicted molar refractivity (Wildman–Crippen MR) is 123 cm³/mol. The number of hydrogen-bond donors (Lipinski definition) is 1. The van der Waals surface area contributed by atoms with Crippen molar-refractivity contribution in [3.8, 4) is 17.4 Å². The first kappa shape index (κ1) is 23.1. The summed E-state index contributed by atoms with van der Waals surface area (Å²) in [4.78, 5) is 21.9. The summed E-state index contributed by atoms with van der Waals surface area (Å²) >= 11 is 1.40. The molecule has 1 aliphatic rings. The Balaban J connectivity index is 1.71. The number of aromatic hydroxyl groups is 1. The van der Waals surface area contributed by atoms with E-state index < -0.39 is 0 Å². The number of amides is 1. The molecular weight excluding hydrogens is 446 g/mol. The molecule has 4 rings (SSSR count). The van der Waals surface area contributed by atoms with Crippen LogP contribution in [-0.2, 0) is 4.74 Å². The summed E-state index contributed by atoms with van der Waals surface area (Å²) < 4.78 is 17.9. The average Bonchev–Trinajstić information content (AvgIpc) is 3.32. The Kier molecular flexibility index (Phi) is 6.89. The standard InChI is InChI=1S/C22H29N5O5S/c1-5-31-16-8-7-15(13-17(16)30-4)18(19-20(28)27-21(33-19)23-14(3)24-27)25-9-11-26(12-10-25)22(29)32-6-2/h7-8,13,18,28H,5-6,9-12H2,1-4H3/t18-/m0/s1. The first-order valence-corrected chi connectivity index (χ1v) is 11.8. The monoisotopic (exact) mass is 475 g/mol. The second-order valence-corrected chi connectivity index (χ2v) is 8.62. The molecule has 11 heteroatoms. The first-order chi connectivity index (χ1) is 16.0. The number of benzene rings is 1. The highest BCUT2D eigenvalue weighted by Gasteiger charge is 2.33. The molecule has 1 aromatic carbocycles. The van der Waals surface area contributed by atoms with Gasteiger partial charge in [-0.05, 0) is 38.5 Å². The van der Waals surface area contributed by atoms with Crippen molar-refractivity contribution in [3.05, 3.63) is 34.5 Å². The topological polar surface area (TPSA) is 102 Å². The van der Waals surface area contributed by atoms with Crippen molar-refractivity contribution in [1.29, 1.82) is 0 Å². The number of aryl methyl sites for hydroxylation is 1. The number of methoxy groups -OCH3 is 1. The SMILES string of the molecule is CCOC(=O)N1CCN([C@@H](c2ccc(OCC)c(OC)c2)c2sc3nc(C)nn3c2O)CC1. The summed E-state index contributed by atoms with van der Waals surface area (Å²) in [7, 11) is 1.61. The second-order valence-electron chi connectivity index (χ2n) is 7.61. The van der Waals surface area contributed by atoms with E-state index in [4.69, 9.17) is 14.2 Å². The Bertz CT molecular complexity index is 1120. The summed E-state index contributed by atoms with van der Waals surface area (Å²) in [6.45, 7) is 8.70. The summed E-state index contributed by atoms with van der Waals surface area (Å²) in [6, 6.07) is 5.54. The van der Waals surface area contributed by atoms with Crippen molar-refractivity contribution in [3.63, 3.8) is 0 Å². The fourth-order valence-electron chi connectivity index (χ4n) is 4.06. The molecule has 1 saturated heterocycles. The molecule has 0 unspecified atom stereocenters. The van der Waals surface area contributed by atoms with Gasteiger partial charge in [-0.1, -0.05) is 17.4 Å². The Morgan fingerprint density at radius 3 is 2.58 bits per heavy atom. The van der Waals surface area contributed by atoms with Gasteiger partial charge in [0.05, 0.1) is 31.2 Å². The van der Waals surface area contributed by atoms with Gasteiger partial charge in [-0.25, -0.2) is 9.78 Å². The molecule has 1 aliphatic heterocycles. The first-order valence-electron chi connectivity index (χ1n) is 11.0. The molecule has 2 aromatic heterocycles. The van der Waals surface area contributed by atoms with Gasteiger partial charge in [0.15, 0.2) is 11.5 Å². The summed E-state index contributed by atoms with van der Waals surface area (Å²) in [5.41, 5.74) is 0.941. The molecule has 1 atom stereocenters. The van der Waals surface area contributed by atoms with Crippen LogP contribution in [0, 0.1) is 6.92 Å². The highest BCUT2D eigenvalue weighted by Crippen LogP contribution is 2.42. The highest BCUT2D eigenvalue weighted by molar-refractivity contribution is 7.17. The maximum atomic E-state index is 12.2. The largest absolute Gasteiger partial charge is 0.493 e. The molecule has 0 radical (unpaired) electrons. The summed E-state index contributed by atoms with van der Waals surface area (Å²) in [6.07, 6.45) is -0.298. The minimum Gasteiger partial charge on any atom is -0.493 e. The molecule has 1 N–H and O–H groups in total. The molecule has 3 aromatic rings. The van der Waals surface area contributed by atoms with Crippen molar-refractivity contribution in [2.24, 2.45) is 0 Å². The molecule has 10 nitrogen and oxygen atoms in total. The second kappa shape index (κ2) is 9.84. The third-order valence-corrected chi connectivity index (χ3v) is 6.64. The fourth-order valence-corrected chi connectivity index (χ4v) is 5.22. The van der Waals surface area contributed by atoms with Crippen LogP contribution in [0.2, 0.25) is 0 Å². The Morgan fingerprint density at radius 2 is 1.94 bits per heavy atom. The van der Waals surface area contributed by atoms with Crippen LogP contribution in [0.5, 0.6) is 17.4 Å². The van der Waals surface area contributed by atoms with E-state index in [1.807, 2.05) is 25.1 Å². The number of rotatable bonds is 7. The van der Waals surface area contributed by atoms with Crippen LogP contribution in [0.4, 0.5) is 4.79 Å². The Morgan fingerprint density at radius 1 is 1.18 bits per heavy atom. The smallest absolute Gasteiger partial charge is 0.409 e. The number of thiazole rings is 1. The number of piperazine rings is 1. The zero-order valence-electron chi connectivity index (χ0n) is 19.3. The minimum absolute atomic E-state index is 0.0706. The van der Waals surface area contributed by atoms with E-state index in [0.29, 0.717) is 61.7 Å². The van der Waals surface area contributed by atoms with Crippen LogP contribution < -0.4 is 9.47 Å². The van der Waals surface area contributed by atoms with Gasteiger partial charge in [-0.15, -0.1) is 5.10 Å². The number of hydrogen-bond acceptors (Lipinski definition) is 9. The van der Waals surface area contributed by atoms with E-state index in [2.05, 4.69) is 15.0 Å². The minimum atomic E-state index is -0.298. The van der Waals surface area contributed by atoms with E-state index in [9.17, 15) is 9.90 Å². The van der Waals surface area contributed by atoms with Crippen LogP contribution in [0.3, 0.4) is 0 Å². The third-order valence-electron chi connectivity index (χ3n) is 5.56. The lowest BCUT2D eigenvalue weighted by Crippen LogP contribution is -2.49. The van der Waals surface area contributed by atoms with E-state index in [1.54, 1.807) is 25.9 Å². The number of ether oxygens (including phenoxy) is 3. The number of carbonyl (C=O) groups excluding carboxylic acids is 1. The molecule has 0 bridgehead atoms. The van der Waals surface area contributed by atoms with Gasteiger partial charge in [0.2, 0.25) is 10.8 Å². The predicted octanol–water partition coefficient (Wildman–Crippen LogP) is 3.08. The van der Waals surface area contributed by atoms with E-state index in [0.717, 1.165) is 10.4 Å². The van der Waals surface area contributed by atoms with Crippen molar-refractivity contribution < 1.29 is 24.1 Å². The lowest BCUT2D eigenvalue weighted by atomic mass is 10.0. The number of aromatic nitrogens is 3. The van der Waals surface area contributed by atoms with Crippen LogP contribution in [0.15, 0.2) is 18.2 Å². The van der Waals surface area contributed by atoms with Gasteiger partial charge in [0, 0.05) is 26.2 Å². The van der Waals surface area contributed by atoms with Gasteiger partial charge >= 0.3 is 6.09 Å². The third kappa shape index (κ3) is 4.55. The molecule has 1 amide bonds. The van der Waals surface area contributed by atoms with Crippen LogP contribution in [0.1, 0.15) is 36.2 Å². The van der Waals surface area contributed by atoms with Crippen LogP contribution in [-0.4, -0.2) is 82.1 Å². The molecular formula is C22H29N5O5S. The molecule has 0 aliphatic carbocycles. The lowest BCUT2D eigenvalue weighted by molar-refractivity contribution is 0.0715. The average molecular weight is 476 g/mol. The summed E-state index contributed by atoms with van der Waals surface area (Å²) in [5.74, 6) is 1.96. The molecule has 178 valence electrons. The number of carbonyl (C=O) groups is 1. The molecule has 33 heavy (non-hydrogen) atoms. The molecule has 0 saturated carbocycles.